The second-order valence-corrected chi connectivity index (χ2v) is 8.42. The quantitative estimate of drug-likeness (QED) is 0.795. The van der Waals surface area contributed by atoms with Gasteiger partial charge in [-0.25, -0.2) is 4.79 Å². The SMILES string of the molecule is Cc1ccc(-n2nnnc2S[C@@H](C)C(=O)NC(=O)NC(C)(C)C)c(C)c1. The van der Waals surface area contributed by atoms with E-state index in [9.17, 15) is 9.59 Å². The summed E-state index contributed by atoms with van der Waals surface area (Å²) in [5.74, 6) is -0.410. The number of nitrogens with one attached hydrogen (secondary N) is 2. The van der Waals surface area contributed by atoms with E-state index in [1.165, 1.54) is 11.8 Å². The first-order valence-corrected chi connectivity index (χ1v) is 9.10. The number of aryl methyl sites for hydroxylation is 2. The van der Waals surface area contributed by atoms with Crippen LogP contribution in [0.1, 0.15) is 38.8 Å². The van der Waals surface area contributed by atoms with Gasteiger partial charge in [-0.15, -0.1) is 5.10 Å². The molecule has 0 unspecified atom stereocenters. The minimum Gasteiger partial charge on any atom is -0.333 e. The largest absolute Gasteiger partial charge is 0.333 e. The zero-order chi connectivity index (χ0) is 19.5. The molecular weight excluding hydrogens is 352 g/mol. The molecule has 9 heteroatoms. The lowest BCUT2D eigenvalue weighted by atomic mass is 10.1. The van der Waals surface area contributed by atoms with Gasteiger partial charge in [0.1, 0.15) is 0 Å². The normalized spacial score (nSPS) is 12.5. The standard InChI is InChI=1S/C17H24N6O2S/c1-10-7-8-13(11(2)9-10)23-16(20-21-22-23)26-12(3)14(24)18-15(25)19-17(4,5)6/h7-9,12H,1-6H3,(H2,18,19,24,25)/t12-/m0/s1. The molecule has 0 saturated heterocycles. The summed E-state index contributed by atoms with van der Waals surface area (Å²) in [6.07, 6.45) is 0. The number of tetrazole rings is 1. The first kappa shape index (κ1) is 19.9. The van der Waals surface area contributed by atoms with Crippen molar-refractivity contribution in [3.8, 4) is 5.69 Å². The Morgan fingerprint density at radius 3 is 2.54 bits per heavy atom. The smallest absolute Gasteiger partial charge is 0.321 e. The van der Waals surface area contributed by atoms with Gasteiger partial charge in [0.05, 0.1) is 10.9 Å². The fourth-order valence-corrected chi connectivity index (χ4v) is 3.04. The molecule has 140 valence electrons. The predicted molar refractivity (Wildman–Crippen MR) is 100 cm³/mol. The van der Waals surface area contributed by atoms with Crippen LogP contribution in [0.2, 0.25) is 0 Å². The van der Waals surface area contributed by atoms with Crippen molar-refractivity contribution >= 4 is 23.7 Å². The highest BCUT2D eigenvalue weighted by atomic mass is 32.2. The van der Waals surface area contributed by atoms with Gasteiger partial charge in [-0.2, -0.15) is 4.68 Å². The number of hydrogen-bond donors (Lipinski definition) is 2. The minimum atomic E-state index is -0.545. The van der Waals surface area contributed by atoms with E-state index in [-0.39, 0.29) is 0 Å². The number of imide groups is 1. The molecule has 2 aromatic rings. The molecule has 0 bridgehead atoms. The number of carbonyl (C=O) groups is 2. The van der Waals surface area contributed by atoms with Crippen LogP contribution in [0.15, 0.2) is 23.4 Å². The number of nitrogens with zero attached hydrogens (tertiary/aromatic N) is 4. The third-order valence-corrected chi connectivity index (χ3v) is 4.43. The fraction of sp³-hybridized carbons (Fsp3) is 0.471. The van der Waals surface area contributed by atoms with E-state index in [1.807, 2.05) is 52.8 Å². The highest BCUT2D eigenvalue weighted by Gasteiger charge is 2.23. The van der Waals surface area contributed by atoms with Gasteiger partial charge in [0, 0.05) is 5.54 Å². The highest BCUT2D eigenvalue weighted by Crippen LogP contribution is 2.24. The minimum absolute atomic E-state index is 0.410. The second kappa shape index (κ2) is 7.86. The molecule has 3 amide bonds. The topological polar surface area (TPSA) is 102 Å². The number of carbonyl (C=O) groups excluding carboxylic acids is 2. The molecule has 0 aliphatic carbocycles. The van der Waals surface area contributed by atoms with Crippen molar-refractivity contribution in [1.82, 2.24) is 30.8 Å². The number of aromatic nitrogens is 4. The van der Waals surface area contributed by atoms with Gasteiger partial charge in [0.2, 0.25) is 11.1 Å². The molecule has 0 radical (unpaired) electrons. The molecule has 1 atom stereocenters. The lowest BCUT2D eigenvalue weighted by Gasteiger charge is -2.21. The summed E-state index contributed by atoms with van der Waals surface area (Å²) < 4.78 is 1.60. The Balaban J connectivity index is 2.08. The van der Waals surface area contributed by atoms with Gasteiger partial charge in [-0.3, -0.25) is 10.1 Å². The summed E-state index contributed by atoms with van der Waals surface area (Å²) in [5.41, 5.74) is 2.60. The Morgan fingerprint density at radius 2 is 1.92 bits per heavy atom. The van der Waals surface area contributed by atoms with Crippen LogP contribution in [0.4, 0.5) is 4.79 Å². The molecule has 8 nitrogen and oxygen atoms in total. The number of urea groups is 1. The molecule has 0 spiro atoms. The molecule has 0 fully saturated rings. The summed E-state index contributed by atoms with van der Waals surface area (Å²) in [7, 11) is 0. The summed E-state index contributed by atoms with van der Waals surface area (Å²) in [6.45, 7) is 11.2. The van der Waals surface area contributed by atoms with Crippen molar-refractivity contribution in [3.63, 3.8) is 0 Å². The first-order valence-electron chi connectivity index (χ1n) is 8.22. The predicted octanol–water partition coefficient (Wildman–Crippen LogP) is 2.38. The molecule has 26 heavy (non-hydrogen) atoms. The number of thioether (sulfide) groups is 1. The van der Waals surface area contributed by atoms with E-state index in [1.54, 1.807) is 11.6 Å². The zero-order valence-corrected chi connectivity index (χ0v) is 16.6. The van der Waals surface area contributed by atoms with Crippen LogP contribution in [0.25, 0.3) is 5.69 Å². The average molecular weight is 376 g/mol. The van der Waals surface area contributed by atoms with E-state index >= 15 is 0 Å². The summed E-state index contributed by atoms with van der Waals surface area (Å²) in [5, 5.41) is 16.7. The second-order valence-electron chi connectivity index (χ2n) is 7.12. The Labute approximate surface area is 157 Å². The number of hydrogen-bond acceptors (Lipinski definition) is 6. The lowest BCUT2D eigenvalue weighted by molar-refractivity contribution is -0.119. The van der Waals surface area contributed by atoms with Crippen molar-refractivity contribution in [3.05, 3.63) is 29.3 Å². The maximum absolute atomic E-state index is 12.3. The van der Waals surface area contributed by atoms with Crippen molar-refractivity contribution in [2.75, 3.05) is 0 Å². The van der Waals surface area contributed by atoms with Crippen LogP contribution < -0.4 is 10.6 Å². The van der Waals surface area contributed by atoms with Gasteiger partial charge in [-0.1, -0.05) is 29.5 Å². The van der Waals surface area contributed by atoms with Crippen LogP contribution >= 0.6 is 11.8 Å². The molecule has 0 saturated carbocycles. The van der Waals surface area contributed by atoms with Crippen LogP contribution in [-0.2, 0) is 4.79 Å². The maximum atomic E-state index is 12.3. The van der Waals surface area contributed by atoms with Crippen LogP contribution in [0, 0.1) is 13.8 Å². The summed E-state index contributed by atoms with van der Waals surface area (Å²) in [6, 6.07) is 5.43. The molecule has 2 N–H and O–H groups in total. The van der Waals surface area contributed by atoms with Gasteiger partial charge in [0.25, 0.3) is 0 Å². The van der Waals surface area contributed by atoms with Crippen molar-refractivity contribution in [1.29, 1.82) is 0 Å². The van der Waals surface area contributed by atoms with Gasteiger partial charge in [0.15, 0.2) is 0 Å². The van der Waals surface area contributed by atoms with Crippen molar-refractivity contribution < 1.29 is 9.59 Å². The number of benzene rings is 1. The van der Waals surface area contributed by atoms with E-state index in [2.05, 4.69) is 26.2 Å². The Bertz CT molecular complexity index is 812. The van der Waals surface area contributed by atoms with Gasteiger partial charge >= 0.3 is 6.03 Å². The molecule has 2 rings (SSSR count). The summed E-state index contributed by atoms with van der Waals surface area (Å²) >= 11 is 1.19. The maximum Gasteiger partial charge on any atom is 0.321 e. The average Bonchev–Trinajstić information content (AvgIpc) is 2.93. The molecule has 0 aliphatic rings. The molecule has 1 aromatic heterocycles. The van der Waals surface area contributed by atoms with Gasteiger partial charge in [-0.05, 0) is 63.6 Å². The van der Waals surface area contributed by atoms with Crippen LogP contribution in [-0.4, -0.2) is 42.9 Å². The zero-order valence-electron chi connectivity index (χ0n) is 15.8. The number of amides is 3. The summed E-state index contributed by atoms with van der Waals surface area (Å²) in [4.78, 5) is 24.1. The Kier molecular flexibility index (Phi) is 6.01. The van der Waals surface area contributed by atoms with Crippen LogP contribution in [0.5, 0.6) is 0 Å². The van der Waals surface area contributed by atoms with E-state index in [4.69, 9.17) is 0 Å². The third-order valence-electron chi connectivity index (χ3n) is 3.40. The molecule has 1 heterocycles. The molecule has 0 aliphatic heterocycles. The lowest BCUT2D eigenvalue weighted by Crippen LogP contribution is -2.49. The van der Waals surface area contributed by atoms with Crippen LogP contribution in [0.3, 0.4) is 0 Å². The fourth-order valence-electron chi connectivity index (χ4n) is 2.24. The van der Waals surface area contributed by atoms with Crippen molar-refractivity contribution in [2.45, 2.75) is 57.5 Å². The van der Waals surface area contributed by atoms with Crippen molar-refractivity contribution in [2.24, 2.45) is 0 Å². The Hall–Kier alpha value is -2.42. The third kappa shape index (κ3) is 5.29. The first-order chi connectivity index (χ1) is 12.1. The highest BCUT2D eigenvalue weighted by molar-refractivity contribution is 8.00. The van der Waals surface area contributed by atoms with E-state index in [0.717, 1.165) is 16.8 Å². The Morgan fingerprint density at radius 1 is 1.23 bits per heavy atom. The van der Waals surface area contributed by atoms with E-state index in [0.29, 0.717) is 5.16 Å². The van der Waals surface area contributed by atoms with Gasteiger partial charge < -0.3 is 5.32 Å². The molecular formula is C17H24N6O2S. The molecule has 1 aromatic carbocycles. The monoisotopic (exact) mass is 376 g/mol. The van der Waals surface area contributed by atoms with E-state index < -0.39 is 22.7 Å². The number of rotatable bonds is 4.